The summed E-state index contributed by atoms with van der Waals surface area (Å²) in [6.45, 7) is 5.01. The monoisotopic (exact) mass is 209 g/mol. The van der Waals surface area contributed by atoms with Crippen LogP contribution in [0.4, 0.5) is 0 Å². The van der Waals surface area contributed by atoms with Gasteiger partial charge in [0.05, 0.1) is 12.7 Å². The maximum absolute atomic E-state index is 5.41. The first-order valence-electron chi connectivity index (χ1n) is 5.57. The zero-order valence-corrected chi connectivity index (χ0v) is 9.49. The molecule has 1 unspecified atom stereocenters. The third-order valence-corrected chi connectivity index (χ3v) is 2.84. The summed E-state index contributed by atoms with van der Waals surface area (Å²) in [5.41, 5.74) is 0. The fourth-order valence-electron chi connectivity index (χ4n) is 2.05. The summed E-state index contributed by atoms with van der Waals surface area (Å²) in [7, 11) is 2.17. The predicted octanol–water partition coefficient (Wildman–Crippen LogP) is 1.17. The van der Waals surface area contributed by atoms with Gasteiger partial charge in [-0.1, -0.05) is 0 Å². The average molecular weight is 209 g/mol. The second kappa shape index (κ2) is 4.77. The van der Waals surface area contributed by atoms with Crippen molar-refractivity contribution in [2.24, 2.45) is 0 Å². The number of aryl methyl sites for hydroxylation is 1. The molecule has 0 spiro atoms. The summed E-state index contributed by atoms with van der Waals surface area (Å²) in [5, 5.41) is 3.48. The molecule has 0 aliphatic carbocycles. The van der Waals surface area contributed by atoms with Crippen LogP contribution in [0.2, 0.25) is 0 Å². The van der Waals surface area contributed by atoms with E-state index >= 15 is 0 Å². The van der Waals surface area contributed by atoms with Gasteiger partial charge < -0.3 is 14.6 Å². The second-order valence-corrected chi connectivity index (χ2v) is 4.35. The van der Waals surface area contributed by atoms with Crippen LogP contribution in [0.1, 0.15) is 24.5 Å². The van der Waals surface area contributed by atoms with Crippen molar-refractivity contribution in [2.75, 3.05) is 20.1 Å². The van der Waals surface area contributed by atoms with Gasteiger partial charge in [-0.3, -0.25) is 0 Å². The third kappa shape index (κ3) is 3.04. The van der Waals surface area contributed by atoms with Crippen LogP contribution in [0.5, 0.6) is 0 Å². The highest BCUT2D eigenvalue weighted by Crippen LogP contribution is 2.09. The number of nitrogens with zero attached hydrogens (tertiary/aromatic N) is 2. The molecule has 0 amide bonds. The van der Waals surface area contributed by atoms with Crippen molar-refractivity contribution < 1.29 is 4.42 Å². The maximum Gasteiger partial charge on any atom is 0.208 e. The molecule has 0 aromatic carbocycles. The zero-order chi connectivity index (χ0) is 10.7. The first kappa shape index (κ1) is 10.6. The Hall–Kier alpha value is -0.870. The third-order valence-electron chi connectivity index (χ3n) is 2.84. The molecule has 1 aliphatic rings. The van der Waals surface area contributed by atoms with E-state index in [1.807, 2.05) is 6.92 Å². The van der Waals surface area contributed by atoms with E-state index in [1.54, 1.807) is 6.20 Å². The molecule has 0 saturated carbocycles. The van der Waals surface area contributed by atoms with Gasteiger partial charge in [0.1, 0.15) is 5.76 Å². The molecule has 4 nitrogen and oxygen atoms in total. The quantitative estimate of drug-likeness (QED) is 0.811. The molecule has 1 aliphatic heterocycles. The van der Waals surface area contributed by atoms with Crippen LogP contribution >= 0.6 is 0 Å². The van der Waals surface area contributed by atoms with E-state index in [4.69, 9.17) is 4.42 Å². The van der Waals surface area contributed by atoms with Crippen LogP contribution in [-0.2, 0) is 6.54 Å². The fourth-order valence-corrected chi connectivity index (χ4v) is 2.05. The largest absolute Gasteiger partial charge is 0.445 e. The van der Waals surface area contributed by atoms with E-state index in [-0.39, 0.29) is 0 Å². The average Bonchev–Trinajstić information content (AvgIpc) is 2.62. The number of oxazole rings is 1. The molecule has 0 bridgehead atoms. The lowest BCUT2D eigenvalue weighted by molar-refractivity contribution is 0.223. The van der Waals surface area contributed by atoms with E-state index in [1.165, 1.54) is 19.4 Å². The minimum absolute atomic E-state index is 0.580. The maximum atomic E-state index is 5.41. The Morgan fingerprint density at radius 2 is 2.53 bits per heavy atom. The molecule has 0 radical (unpaired) electrons. The smallest absolute Gasteiger partial charge is 0.208 e. The van der Waals surface area contributed by atoms with E-state index in [0.717, 1.165) is 24.7 Å². The second-order valence-electron chi connectivity index (χ2n) is 4.35. The van der Waals surface area contributed by atoms with E-state index in [2.05, 4.69) is 22.2 Å². The number of likely N-dealkylation sites (tertiary alicyclic amines) is 1. The molecular weight excluding hydrogens is 190 g/mol. The standard InChI is InChI=1S/C11H19N3O/c1-9-6-13-11(15-9)7-12-10-4-3-5-14(2)8-10/h6,10,12H,3-5,7-8H2,1-2H3. The van der Waals surface area contributed by atoms with E-state index < -0.39 is 0 Å². The molecule has 2 heterocycles. The predicted molar refractivity (Wildman–Crippen MR) is 58.6 cm³/mol. The highest BCUT2D eigenvalue weighted by atomic mass is 16.4. The van der Waals surface area contributed by atoms with Crippen LogP contribution < -0.4 is 5.32 Å². The molecule has 1 aromatic heterocycles. The van der Waals surface area contributed by atoms with Crippen molar-refractivity contribution in [3.8, 4) is 0 Å². The van der Waals surface area contributed by atoms with E-state index in [0.29, 0.717) is 6.04 Å². The minimum atomic E-state index is 0.580. The van der Waals surface area contributed by atoms with Crippen molar-refractivity contribution in [1.82, 2.24) is 15.2 Å². The molecular formula is C11H19N3O. The van der Waals surface area contributed by atoms with Gasteiger partial charge in [-0.25, -0.2) is 4.98 Å². The molecule has 4 heteroatoms. The lowest BCUT2D eigenvalue weighted by atomic mass is 10.1. The Morgan fingerprint density at radius 3 is 3.20 bits per heavy atom. The van der Waals surface area contributed by atoms with Gasteiger partial charge in [0, 0.05) is 12.6 Å². The Balaban J connectivity index is 1.77. The Labute approximate surface area is 90.7 Å². The highest BCUT2D eigenvalue weighted by Gasteiger charge is 2.16. The first-order chi connectivity index (χ1) is 7.24. The number of aromatic nitrogens is 1. The molecule has 1 saturated heterocycles. The summed E-state index contributed by atoms with van der Waals surface area (Å²) in [6.07, 6.45) is 4.30. The van der Waals surface area contributed by atoms with Crippen molar-refractivity contribution in [3.63, 3.8) is 0 Å². The Bertz CT molecular complexity index is 311. The summed E-state index contributed by atoms with van der Waals surface area (Å²) in [6, 6.07) is 0.580. The van der Waals surface area contributed by atoms with Crippen molar-refractivity contribution in [3.05, 3.63) is 17.8 Å². The zero-order valence-electron chi connectivity index (χ0n) is 9.49. The lowest BCUT2D eigenvalue weighted by Crippen LogP contribution is -2.43. The summed E-state index contributed by atoms with van der Waals surface area (Å²) in [4.78, 5) is 6.54. The summed E-state index contributed by atoms with van der Waals surface area (Å²) < 4.78 is 5.41. The number of piperidine rings is 1. The van der Waals surface area contributed by atoms with Crippen LogP contribution in [0.3, 0.4) is 0 Å². The van der Waals surface area contributed by atoms with Gasteiger partial charge >= 0.3 is 0 Å². The minimum Gasteiger partial charge on any atom is -0.445 e. The highest BCUT2D eigenvalue weighted by molar-refractivity contribution is 4.91. The van der Waals surface area contributed by atoms with Gasteiger partial charge in [0.15, 0.2) is 0 Å². The van der Waals surface area contributed by atoms with Gasteiger partial charge in [-0.05, 0) is 33.4 Å². The van der Waals surface area contributed by atoms with Crippen molar-refractivity contribution >= 4 is 0 Å². The molecule has 1 N–H and O–H groups in total. The number of hydrogen-bond acceptors (Lipinski definition) is 4. The Morgan fingerprint density at radius 1 is 1.67 bits per heavy atom. The first-order valence-corrected chi connectivity index (χ1v) is 5.57. The van der Waals surface area contributed by atoms with Gasteiger partial charge in [0.2, 0.25) is 5.89 Å². The molecule has 1 aromatic rings. The normalized spacial score (nSPS) is 23.2. The molecule has 15 heavy (non-hydrogen) atoms. The number of nitrogens with one attached hydrogen (secondary N) is 1. The van der Waals surface area contributed by atoms with Gasteiger partial charge in [0.25, 0.3) is 0 Å². The topological polar surface area (TPSA) is 41.3 Å². The van der Waals surface area contributed by atoms with Crippen LogP contribution in [-0.4, -0.2) is 36.1 Å². The van der Waals surface area contributed by atoms with Crippen LogP contribution in [0.25, 0.3) is 0 Å². The number of rotatable bonds is 3. The SMILES string of the molecule is Cc1cnc(CNC2CCCN(C)C2)o1. The van der Waals surface area contributed by atoms with Gasteiger partial charge in [-0.15, -0.1) is 0 Å². The van der Waals surface area contributed by atoms with Crippen molar-refractivity contribution in [1.29, 1.82) is 0 Å². The summed E-state index contributed by atoms with van der Waals surface area (Å²) >= 11 is 0. The Kier molecular flexibility index (Phi) is 3.38. The van der Waals surface area contributed by atoms with Crippen molar-refractivity contribution in [2.45, 2.75) is 32.4 Å². The number of likely N-dealkylation sites (N-methyl/N-ethyl adjacent to an activating group) is 1. The van der Waals surface area contributed by atoms with Crippen LogP contribution in [0.15, 0.2) is 10.6 Å². The lowest BCUT2D eigenvalue weighted by Gasteiger charge is -2.29. The van der Waals surface area contributed by atoms with Gasteiger partial charge in [-0.2, -0.15) is 0 Å². The number of hydrogen-bond donors (Lipinski definition) is 1. The van der Waals surface area contributed by atoms with Crippen LogP contribution in [0, 0.1) is 6.92 Å². The molecule has 1 atom stereocenters. The molecule has 2 rings (SSSR count). The summed E-state index contributed by atoms with van der Waals surface area (Å²) in [5.74, 6) is 1.67. The van der Waals surface area contributed by atoms with E-state index in [9.17, 15) is 0 Å². The molecule has 84 valence electrons. The molecule has 1 fully saturated rings. The fraction of sp³-hybridized carbons (Fsp3) is 0.727.